The van der Waals surface area contributed by atoms with Gasteiger partial charge in [0.05, 0.1) is 5.69 Å². The summed E-state index contributed by atoms with van der Waals surface area (Å²) >= 11 is 5.94. The molecule has 0 bridgehead atoms. The maximum absolute atomic E-state index is 13.2. The van der Waals surface area contributed by atoms with Crippen LogP contribution in [0.2, 0.25) is 5.02 Å². The van der Waals surface area contributed by atoms with Gasteiger partial charge < -0.3 is 15.0 Å². The maximum atomic E-state index is 13.2. The van der Waals surface area contributed by atoms with E-state index < -0.39 is 11.5 Å². The van der Waals surface area contributed by atoms with E-state index in [0.717, 1.165) is 30.2 Å². The summed E-state index contributed by atoms with van der Waals surface area (Å²) in [6, 6.07) is 13.3. The lowest BCUT2D eigenvalue weighted by Gasteiger charge is -2.40. The zero-order chi connectivity index (χ0) is 20.6. The highest BCUT2D eigenvalue weighted by molar-refractivity contribution is 6.30. The average molecular weight is 414 g/mol. The third-order valence-electron chi connectivity index (χ3n) is 5.52. The number of halogens is 1. The summed E-state index contributed by atoms with van der Waals surface area (Å²) in [6.07, 6.45) is 0. The molecule has 0 radical (unpaired) electrons. The van der Waals surface area contributed by atoms with E-state index in [0.29, 0.717) is 24.5 Å². The number of ether oxygens (including phenoxy) is 1. The molecule has 1 unspecified atom stereocenters. The predicted octanol–water partition coefficient (Wildman–Crippen LogP) is 3.08. The second-order valence-electron chi connectivity index (χ2n) is 7.78. The lowest BCUT2D eigenvalue weighted by molar-refractivity contribution is -0.155. The number of aryl methyl sites for hydroxylation is 1. The number of carbonyl (C=O) groups is 2. The largest absolute Gasteiger partial charge is 0.466 e. The number of benzene rings is 2. The molecule has 0 aliphatic carbocycles. The van der Waals surface area contributed by atoms with Gasteiger partial charge in [0.15, 0.2) is 0 Å². The quantitative estimate of drug-likeness (QED) is 0.785. The van der Waals surface area contributed by atoms with Crippen LogP contribution in [-0.4, -0.2) is 53.4 Å². The first-order valence-corrected chi connectivity index (χ1v) is 10.1. The zero-order valence-corrected chi connectivity index (χ0v) is 17.3. The molecule has 2 aliphatic heterocycles. The summed E-state index contributed by atoms with van der Waals surface area (Å²) in [5.41, 5.74) is 1.25. The minimum absolute atomic E-state index is 0.299. The predicted molar refractivity (Wildman–Crippen MR) is 112 cm³/mol. The van der Waals surface area contributed by atoms with Gasteiger partial charge in [-0.25, -0.2) is 0 Å². The fourth-order valence-corrected chi connectivity index (χ4v) is 3.86. The SMILES string of the molecule is Cc1ccc2c(c1)NC(=O)C(C)(C(=O)N1CCN(Cc3ccc(Cl)cc3)CC1)O2. The molecule has 1 fully saturated rings. The summed E-state index contributed by atoms with van der Waals surface area (Å²) in [4.78, 5) is 29.9. The number of carbonyl (C=O) groups excluding carboxylic acids is 2. The third kappa shape index (κ3) is 3.95. The van der Waals surface area contributed by atoms with Gasteiger partial charge in [0.1, 0.15) is 5.75 Å². The minimum Gasteiger partial charge on any atom is -0.466 e. The van der Waals surface area contributed by atoms with Crippen molar-refractivity contribution in [3.8, 4) is 5.75 Å². The lowest BCUT2D eigenvalue weighted by atomic mass is 9.99. The Balaban J connectivity index is 1.40. The molecule has 1 atom stereocenters. The van der Waals surface area contributed by atoms with E-state index in [-0.39, 0.29) is 5.91 Å². The fourth-order valence-electron chi connectivity index (χ4n) is 3.74. The van der Waals surface area contributed by atoms with Crippen molar-refractivity contribution in [2.75, 3.05) is 31.5 Å². The van der Waals surface area contributed by atoms with Crippen LogP contribution in [0.5, 0.6) is 5.75 Å². The van der Waals surface area contributed by atoms with E-state index >= 15 is 0 Å². The number of piperazine rings is 1. The summed E-state index contributed by atoms with van der Waals surface area (Å²) in [7, 11) is 0. The first-order chi connectivity index (χ1) is 13.8. The van der Waals surface area contributed by atoms with Crippen molar-refractivity contribution in [3.63, 3.8) is 0 Å². The molecular weight excluding hydrogens is 390 g/mol. The second-order valence-corrected chi connectivity index (χ2v) is 8.22. The van der Waals surface area contributed by atoms with Gasteiger partial charge in [-0.1, -0.05) is 29.8 Å². The number of nitrogens with one attached hydrogen (secondary N) is 1. The van der Waals surface area contributed by atoms with Crippen molar-refractivity contribution in [1.29, 1.82) is 0 Å². The summed E-state index contributed by atoms with van der Waals surface area (Å²) in [6.45, 7) is 6.88. The van der Waals surface area contributed by atoms with E-state index in [4.69, 9.17) is 16.3 Å². The van der Waals surface area contributed by atoms with Gasteiger partial charge in [-0.2, -0.15) is 0 Å². The van der Waals surface area contributed by atoms with Gasteiger partial charge in [-0.05, 0) is 49.2 Å². The average Bonchev–Trinajstić information content (AvgIpc) is 2.71. The molecule has 1 N–H and O–H groups in total. The number of hydrogen-bond donors (Lipinski definition) is 1. The first kappa shape index (κ1) is 19.7. The van der Waals surface area contributed by atoms with E-state index in [9.17, 15) is 9.59 Å². The molecule has 152 valence electrons. The number of amides is 2. The highest BCUT2D eigenvalue weighted by Crippen LogP contribution is 2.35. The first-order valence-electron chi connectivity index (χ1n) is 9.72. The molecule has 2 amide bonds. The topological polar surface area (TPSA) is 61.9 Å². The number of hydrogen-bond acceptors (Lipinski definition) is 4. The van der Waals surface area contributed by atoms with Gasteiger partial charge in [0.25, 0.3) is 17.4 Å². The van der Waals surface area contributed by atoms with Crippen molar-refractivity contribution in [3.05, 3.63) is 58.6 Å². The zero-order valence-electron chi connectivity index (χ0n) is 16.6. The molecule has 2 aromatic carbocycles. The second kappa shape index (κ2) is 7.69. The van der Waals surface area contributed by atoms with Crippen molar-refractivity contribution in [2.45, 2.75) is 26.0 Å². The van der Waals surface area contributed by atoms with Crippen molar-refractivity contribution >= 4 is 29.1 Å². The molecule has 2 heterocycles. The number of anilines is 1. The number of nitrogens with zero attached hydrogens (tertiary/aromatic N) is 2. The Kier molecular flexibility index (Phi) is 5.23. The maximum Gasteiger partial charge on any atom is 0.278 e. The Bertz CT molecular complexity index is 939. The summed E-state index contributed by atoms with van der Waals surface area (Å²) < 4.78 is 5.91. The van der Waals surface area contributed by atoms with Gasteiger partial charge in [-0.15, -0.1) is 0 Å². The van der Waals surface area contributed by atoms with Crippen molar-refractivity contribution in [2.24, 2.45) is 0 Å². The third-order valence-corrected chi connectivity index (χ3v) is 5.77. The standard InChI is InChI=1S/C22H24ClN3O3/c1-15-3-8-19-18(13-15)24-20(27)22(2,29-19)21(28)26-11-9-25(10-12-26)14-16-4-6-17(23)7-5-16/h3-8,13H,9-12,14H2,1-2H3,(H,24,27). The number of fused-ring (bicyclic) bond motifs is 1. The Labute approximate surface area is 175 Å². The molecule has 6 nitrogen and oxygen atoms in total. The van der Waals surface area contributed by atoms with Gasteiger partial charge in [0, 0.05) is 37.7 Å². The Morgan fingerprint density at radius 3 is 2.52 bits per heavy atom. The highest BCUT2D eigenvalue weighted by Gasteiger charge is 2.49. The van der Waals surface area contributed by atoms with Gasteiger partial charge >= 0.3 is 0 Å². The van der Waals surface area contributed by atoms with Crippen LogP contribution in [-0.2, 0) is 16.1 Å². The van der Waals surface area contributed by atoms with Crippen LogP contribution < -0.4 is 10.1 Å². The van der Waals surface area contributed by atoms with Crippen LogP contribution in [0, 0.1) is 6.92 Å². The van der Waals surface area contributed by atoms with Crippen LogP contribution in [0.25, 0.3) is 0 Å². The Hall–Kier alpha value is -2.57. The molecule has 0 spiro atoms. The van der Waals surface area contributed by atoms with E-state index in [2.05, 4.69) is 10.2 Å². The van der Waals surface area contributed by atoms with Crippen LogP contribution in [0.4, 0.5) is 5.69 Å². The van der Waals surface area contributed by atoms with E-state index in [1.165, 1.54) is 5.56 Å². The normalized spacial score (nSPS) is 21.9. The summed E-state index contributed by atoms with van der Waals surface area (Å²) in [5.74, 6) is -0.205. The Morgan fingerprint density at radius 2 is 1.83 bits per heavy atom. The lowest BCUT2D eigenvalue weighted by Crippen LogP contribution is -2.62. The van der Waals surface area contributed by atoms with Gasteiger partial charge in [0.2, 0.25) is 0 Å². The monoisotopic (exact) mass is 413 g/mol. The van der Waals surface area contributed by atoms with E-state index in [1.807, 2.05) is 43.3 Å². The van der Waals surface area contributed by atoms with Crippen molar-refractivity contribution < 1.29 is 14.3 Å². The molecule has 0 saturated carbocycles. The summed E-state index contributed by atoms with van der Waals surface area (Å²) in [5, 5.41) is 3.55. The minimum atomic E-state index is -1.55. The van der Waals surface area contributed by atoms with Gasteiger partial charge in [-0.3, -0.25) is 14.5 Å². The molecule has 4 rings (SSSR count). The fraction of sp³-hybridized carbons (Fsp3) is 0.364. The van der Waals surface area contributed by atoms with Crippen LogP contribution >= 0.6 is 11.6 Å². The molecule has 0 aromatic heterocycles. The molecule has 2 aromatic rings. The molecule has 29 heavy (non-hydrogen) atoms. The molecular formula is C22H24ClN3O3. The number of rotatable bonds is 3. The highest BCUT2D eigenvalue weighted by atomic mass is 35.5. The van der Waals surface area contributed by atoms with Crippen LogP contribution in [0.3, 0.4) is 0 Å². The van der Waals surface area contributed by atoms with Crippen LogP contribution in [0.15, 0.2) is 42.5 Å². The smallest absolute Gasteiger partial charge is 0.278 e. The molecule has 1 saturated heterocycles. The van der Waals surface area contributed by atoms with Crippen LogP contribution in [0.1, 0.15) is 18.1 Å². The van der Waals surface area contributed by atoms with E-state index in [1.54, 1.807) is 17.9 Å². The van der Waals surface area contributed by atoms with Crippen molar-refractivity contribution in [1.82, 2.24) is 9.80 Å². The Morgan fingerprint density at radius 1 is 1.14 bits per heavy atom. The molecule has 2 aliphatic rings. The molecule has 7 heteroatoms.